The largest absolute Gasteiger partial charge is 0.573 e. The molecule has 0 saturated carbocycles. The molecule has 0 radical (unpaired) electrons. The van der Waals surface area contributed by atoms with Crippen LogP contribution in [0.15, 0.2) is 95.5 Å². The van der Waals surface area contributed by atoms with Crippen molar-refractivity contribution in [2.45, 2.75) is 25.6 Å². The third-order valence-electron chi connectivity index (χ3n) is 6.19. The number of alkyl halides is 3. The summed E-state index contributed by atoms with van der Waals surface area (Å²) >= 11 is 1.45. The van der Waals surface area contributed by atoms with Gasteiger partial charge < -0.3 is 24.2 Å². The van der Waals surface area contributed by atoms with E-state index in [0.29, 0.717) is 22.3 Å². The third kappa shape index (κ3) is 7.44. The molecular formula is C30H26F3NO6S. The molecule has 3 aromatic rings. The molecule has 2 heterocycles. The second-order valence-corrected chi connectivity index (χ2v) is 9.87. The van der Waals surface area contributed by atoms with E-state index in [1.807, 2.05) is 23.6 Å². The van der Waals surface area contributed by atoms with Crippen molar-refractivity contribution in [3.63, 3.8) is 0 Å². The molecule has 1 N–H and O–H groups in total. The van der Waals surface area contributed by atoms with Gasteiger partial charge in [0.2, 0.25) is 0 Å². The number of rotatable bonds is 8. The van der Waals surface area contributed by atoms with Crippen LogP contribution in [-0.4, -0.2) is 42.5 Å². The van der Waals surface area contributed by atoms with Gasteiger partial charge in [-0.25, -0.2) is 9.59 Å². The average molecular weight is 586 g/mol. The summed E-state index contributed by atoms with van der Waals surface area (Å²) in [6.45, 7) is -0.111. The molecule has 7 nitrogen and oxygen atoms in total. The molecule has 1 atom stereocenters. The Hall–Kier alpha value is -4.35. The predicted octanol–water partition coefficient (Wildman–Crippen LogP) is 5.94. The van der Waals surface area contributed by atoms with E-state index < -0.39 is 24.3 Å². The topological polar surface area (TPSA) is 85.3 Å². The van der Waals surface area contributed by atoms with Gasteiger partial charge in [-0.3, -0.25) is 0 Å². The Kier molecular flexibility index (Phi) is 9.31. The first-order chi connectivity index (χ1) is 19.6. The number of hydrogen-bond acceptors (Lipinski definition) is 8. The maximum Gasteiger partial charge on any atom is 0.573 e. The van der Waals surface area contributed by atoms with Gasteiger partial charge in [-0.1, -0.05) is 42.5 Å². The molecule has 0 aliphatic carbocycles. The molecule has 41 heavy (non-hydrogen) atoms. The van der Waals surface area contributed by atoms with Crippen LogP contribution in [0.2, 0.25) is 0 Å². The van der Waals surface area contributed by atoms with E-state index in [4.69, 9.17) is 9.47 Å². The summed E-state index contributed by atoms with van der Waals surface area (Å²) in [6, 6.07) is 15.8. The highest BCUT2D eigenvalue weighted by Gasteiger charge is 2.32. The number of methoxy groups -OCH3 is 2. The summed E-state index contributed by atoms with van der Waals surface area (Å²) in [6.07, 6.45) is 0.0278. The van der Waals surface area contributed by atoms with Crippen molar-refractivity contribution in [3.05, 3.63) is 117 Å². The van der Waals surface area contributed by atoms with Crippen molar-refractivity contribution in [2.24, 2.45) is 0 Å². The fourth-order valence-corrected chi connectivity index (χ4v) is 5.11. The van der Waals surface area contributed by atoms with E-state index >= 15 is 0 Å². The summed E-state index contributed by atoms with van der Waals surface area (Å²) in [7, 11) is 2.37. The van der Waals surface area contributed by atoms with E-state index in [1.54, 1.807) is 35.2 Å². The number of carbonyl (C=O) groups is 2. The molecule has 1 unspecified atom stereocenters. The molecule has 214 valence electrons. The lowest BCUT2D eigenvalue weighted by molar-refractivity contribution is -0.274. The monoisotopic (exact) mass is 585 g/mol. The van der Waals surface area contributed by atoms with Crippen molar-refractivity contribution >= 4 is 28.8 Å². The molecule has 1 aliphatic rings. The summed E-state index contributed by atoms with van der Waals surface area (Å²) in [4.78, 5) is 28.6. The molecule has 2 aromatic carbocycles. The van der Waals surface area contributed by atoms with Crippen LogP contribution in [0.3, 0.4) is 0 Å². The van der Waals surface area contributed by atoms with E-state index in [-0.39, 0.29) is 30.0 Å². The Morgan fingerprint density at radius 1 is 0.951 bits per heavy atom. The maximum absolute atomic E-state index is 13.0. The SMILES string of the molecule is COC(=O)C1=CC(c2ccc(CO)cc2)=CC(c2cccs2)N(Cc2cccc(OC(F)(F)F)c2)C=C1C(=O)OC. The van der Waals surface area contributed by atoms with Crippen molar-refractivity contribution in [2.75, 3.05) is 14.2 Å². The standard InChI is InChI=1S/C30H26F3NO6S/c1-38-28(36)24-14-22(21-10-8-19(18-35)9-11-21)15-26(27-7-4-12-41-27)34(17-25(24)29(37)39-2)16-20-5-3-6-23(13-20)40-30(31,32)33/h3-15,17,26,35H,16,18H2,1-2H3. The van der Waals surface area contributed by atoms with Gasteiger partial charge in [-0.05, 0) is 58.0 Å². The first-order valence-corrected chi connectivity index (χ1v) is 13.2. The molecule has 4 rings (SSSR count). The maximum atomic E-state index is 13.0. The number of hydrogen-bond donors (Lipinski definition) is 1. The molecule has 0 amide bonds. The predicted molar refractivity (Wildman–Crippen MR) is 146 cm³/mol. The van der Waals surface area contributed by atoms with Crippen LogP contribution < -0.4 is 4.74 Å². The highest BCUT2D eigenvalue weighted by molar-refractivity contribution is 7.10. The molecular weight excluding hydrogens is 559 g/mol. The van der Waals surface area contributed by atoms with Crippen LogP contribution in [0.5, 0.6) is 5.75 Å². The van der Waals surface area contributed by atoms with Gasteiger partial charge in [0.25, 0.3) is 0 Å². The molecule has 0 spiro atoms. The summed E-state index contributed by atoms with van der Waals surface area (Å²) < 4.78 is 52.8. The lowest BCUT2D eigenvalue weighted by atomic mass is 9.94. The average Bonchev–Trinajstić information content (AvgIpc) is 3.48. The number of nitrogens with zero attached hydrogens (tertiary/aromatic N) is 1. The smallest absolute Gasteiger partial charge is 0.465 e. The zero-order valence-electron chi connectivity index (χ0n) is 22.1. The lowest BCUT2D eigenvalue weighted by Gasteiger charge is -2.31. The van der Waals surface area contributed by atoms with E-state index in [0.717, 1.165) is 4.88 Å². The van der Waals surface area contributed by atoms with E-state index in [9.17, 15) is 27.9 Å². The summed E-state index contributed by atoms with van der Waals surface area (Å²) in [5.41, 5.74) is 2.24. The zero-order valence-corrected chi connectivity index (χ0v) is 22.9. The van der Waals surface area contributed by atoms with Gasteiger partial charge in [0, 0.05) is 17.6 Å². The minimum absolute atomic E-state index is 0.0415. The van der Waals surface area contributed by atoms with Crippen LogP contribution >= 0.6 is 11.3 Å². The first kappa shape index (κ1) is 29.6. The Labute approximate surface area is 238 Å². The highest BCUT2D eigenvalue weighted by atomic mass is 32.1. The number of benzene rings is 2. The molecule has 0 fully saturated rings. The van der Waals surface area contributed by atoms with Crippen LogP contribution in [-0.2, 0) is 32.2 Å². The zero-order chi connectivity index (χ0) is 29.6. The van der Waals surface area contributed by atoms with Gasteiger partial charge in [0.05, 0.1) is 38.0 Å². The Bertz CT molecular complexity index is 1480. The van der Waals surface area contributed by atoms with Gasteiger partial charge in [-0.15, -0.1) is 24.5 Å². The number of esters is 2. The number of thiophene rings is 1. The van der Waals surface area contributed by atoms with Gasteiger partial charge in [0.1, 0.15) is 5.75 Å². The lowest BCUT2D eigenvalue weighted by Crippen LogP contribution is -2.26. The van der Waals surface area contributed by atoms with Crippen LogP contribution in [0, 0.1) is 0 Å². The third-order valence-corrected chi connectivity index (χ3v) is 7.13. The summed E-state index contributed by atoms with van der Waals surface area (Å²) in [5.74, 6) is -1.97. The number of aliphatic hydroxyl groups excluding tert-OH is 1. The second kappa shape index (κ2) is 12.9. The number of halogens is 3. The van der Waals surface area contributed by atoms with Crippen molar-refractivity contribution < 1.29 is 42.1 Å². The minimum atomic E-state index is -4.86. The Morgan fingerprint density at radius 2 is 1.66 bits per heavy atom. The molecule has 0 saturated heterocycles. The number of carbonyl (C=O) groups excluding carboxylic acids is 2. The van der Waals surface area contributed by atoms with E-state index in [2.05, 4.69) is 4.74 Å². The first-order valence-electron chi connectivity index (χ1n) is 12.3. The van der Waals surface area contributed by atoms with Gasteiger partial charge >= 0.3 is 18.3 Å². The van der Waals surface area contributed by atoms with Crippen LogP contribution in [0.25, 0.3) is 5.57 Å². The fourth-order valence-electron chi connectivity index (χ4n) is 4.30. The van der Waals surface area contributed by atoms with E-state index in [1.165, 1.54) is 56.0 Å². The highest BCUT2D eigenvalue weighted by Crippen LogP contribution is 2.36. The fraction of sp³-hybridized carbons (Fsp3) is 0.200. The van der Waals surface area contributed by atoms with Gasteiger partial charge in [0.15, 0.2) is 0 Å². The number of ether oxygens (including phenoxy) is 3. The van der Waals surface area contributed by atoms with Crippen LogP contribution in [0.4, 0.5) is 13.2 Å². The van der Waals surface area contributed by atoms with Crippen molar-refractivity contribution in [1.29, 1.82) is 0 Å². The molecule has 1 aromatic heterocycles. The summed E-state index contributed by atoms with van der Waals surface area (Å²) in [5, 5.41) is 11.4. The Balaban J connectivity index is 1.92. The Morgan fingerprint density at radius 3 is 2.27 bits per heavy atom. The number of allylic oxidation sites excluding steroid dienone is 2. The number of aliphatic hydroxyl groups is 1. The van der Waals surface area contributed by atoms with Crippen LogP contribution in [0.1, 0.15) is 27.6 Å². The van der Waals surface area contributed by atoms with Gasteiger partial charge in [-0.2, -0.15) is 0 Å². The molecule has 11 heteroatoms. The normalized spacial score (nSPS) is 15.6. The van der Waals surface area contributed by atoms with Crippen molar-refractivity contribution in [3.8, 4) is 5.75 Å². The molecule has 1 aliphatic heterocycles. The second-order valence-electron chi connectivity index (χ2n) is 8.89. The molecule has 0 bridgehead atoms. The quantitative estimate of drug-likeness (QED) is 0.328. The minimum Gasteiger partial charge on any atom is -0.465 e. The van der Waals surface area contributed by atoms with Crippen molar-refractivity contribution in [1.82, 2.24) is 4.90 Å².